The topological polar surface area (TPSA) is 307 Å². The van der Waals surface area contributed by atoms with Crippen molar-refractivity contribution < 1.29 is 89.4 Å². The molecule has 3 fully saturated rings. The first-order valence-electron chi connectivity index (χ1n) is 35.4. The molecule has 3 heterocycles. The minimum Gasteiger partial charge on any atom is -0.394 e. The Hall–Kier alpha value is -2.25. The summed E-state index contributed by atoms with van der Waals surface area (Å²) in [6.45, 7) is 1.70. The molecule has 3 rings (SSSR count). The quantitative estimate of drug-likeness (QED) is 0.0199. The summed E-state index contributed by atoms with van der Waals surface area (Å²) in [7, 11) is 0. The highest BCUT2D eigenvalue weighted by atomic mass is 16.8. The zero-order chi connectivity index (χ0) is 64.7. The van der Waals surface area contributed by atoms with E-state index in [0.29, 0.717) is 12.8 Å². The maximum absolute atomic E-state index is 13.4. The summed E-state index contributed by atoms with van der Waals surface area (Å²) >= 11 is 0. The van der Waals surface area contributed by atoms with Crippen LogP contribution in [-0.4, -0.2) is 193 Å². The third-order valence-electron chi connectivity index (χ3n) is 17.6. The van der Waals surface area contributed by atoms with Crippen LogP contribution in [0.15, 0.2) is 48.6 Å². The van der Waals surface area contributed by atoms with Gasteiger partial charge in [-0.25, -0.2) is 0 Å². The number of aliphatic hydroxyl groups is 11. The maximum Gasteiger partial charge on any atom is 0.220 e. The number of hydrogen-bond acceptors (Lipinski definition) is 18. The van der Waals surface area contributed by atoms with Crippen molar-refractivity contribution in [2.75, 3.05) is 26.4 Å². The van der Waals surface area contributed by atoms with Gasteiger partial charge in [-0.3, -0.25) is 4.79 Å². The molecule has 17 atom stereocenters. The van der Waals surface area contributed by atoms with Gasteiger partial charge in [0.05, 0.1) is 38.6 Å². The standard InChI is InChI=1S/C70H127NO18/c1-3-5-7-9-11-13-15-17-18-19-20-21-22-23-24-25-26-27-28-29-30-31-32-33-34-36-38-40-42-44-46-48-58(76)71-53(54(75)47-45-43-41-39-37-35-16-14-12-10-8-6-4-2)52-84-68-64(82)61(79)66(56(50-73)86-68)89-70-65(83)62(80)67(57(51-74)87-70)88-69-63(81)60(78)59(77)55(49-72)85-69/h15,17,19-20,37,39,45,47,53-57,59-70,72-75,77-83H,3-14,16,18,21-36,38,40-44,46,48-52H2,1-2H3,(H,71,76)/b17-15-,20-19-,39-37+,47-45+. The highest BCUT2D eigenvalue weighted by Gasteiger charge is 2.53. The van der Waals surface area contributed by atoms with E-state index in [0.717, 1.165) is 44.9 Å². The van der Waals surface area contributed by atoms with Gasteiger partial charge in [-0.15, -0.1) is 0 Å². The maximum atomic E-state index is 13.4. The van der Waals surface area contributed by atoms with Crippen LogP contribution in [0.4, 0.5) is 0 Å². The molecule has 3 aliphatic rings. The summed E-state index contributed by atoms with van der Waals surface area (Å²) < 4.78 is 34.3. The Balaban J connectivity index is 1.37. The lowest BCUT2D eigenvalue weighted by Crippen LogP contribution is -2.66. The van der Waals surface area contributed by atoms with Crippen molar-refractivity contribution in [3.63, 3.8) is 0 Å². The predicted octanol–water partition coefficient (Wildman–Crippen LogP) is 9.39. The second-order valence-corrected chi connectivity index (χ2v) is 25.3. The second kappa shape index (κ2) is 52.1. The van der Waals surface area contributed by atoms with Gasteiger partial charge in [0.2, 0.25) is 5.91 Å². The van der Waals surface area contributed by atoms with Gasteiger partial charge in [0.25, 0.3) is 0 Å². The number of carbonyl (C=O) groups excluding carboxylic acids is 1. The molecule has 19 heteroatoms. The summed E-state index contributed by atoms with van der Waals surface area (Å²) in [6.07, 6.45) is 35.4. The lowest BCUT2D eigenvalue weighted by atomic mass is 9.96. The van der Waals surface area contributed by atoms with E-state index in [9.17, 15) is 61.0 Å². The van der Waals surface area contributed by atoms with Crippen molar-refractivity contribution in [3.8, 4) is 0 Å². The lowest BCUT2D eigenvalue weighted by molar-refractivity contribution is -0.379. The molecular weight excluding hydrogens is 1140 g/mol. The Morgan fingerprint density at radius 2 is 0.753 bits per heavy atom. The minimum atomic E-state index is -1.98. The lowest BCUT2D eigenvalue weighted by Gasteiger charge is -2.48. The Morgan fingerprint density at radius 1 is 0.404 bits per heavy atom. The molecule has 0 radical (unpaired) electrons. The molecule has 12 N–H and O–H groups in total. The first kappa shape index (κ1) is 81.0. The molecule has 0 aliphatic carbocycles. The molecule has 520 valence electrons. The summed E-state index contributed by atoms with van der Waals surface area (Å²) in [6, 6.07) is -0.989. The molecular formula is C70H127NO18. The largest absolute Gasteiger partial charge is 0.394 e. The molecule has 0 aromatic heterocycles. The van der Waals surface area contributed by atoms with Crippen LogP contribution >= 0.6 is 0 Å². The third-order valence-corrected chi connectivity index (χ3v) is 17.6. The summed E-state index contributed by atoms with van der Waals surface area (Å²) in [5, 5.41) is 120. The Bertz CT molecular complexity index is 1800. The second-order valence-electron chi connectivity index (χ2n) is 25.3. The molecule has 0 aromatic rings. The predicted molar refractivity (Wildman–Crippen MR) is 346 cm³/mol. The van der Waals surface area contributed by atoms with E-state index in [1.807, 2.05) is 6.08 Å². The van der Waals surface area contributed by atoms with Gasteiger partial charge in [0.1, 0.15) is 73.2 Å². The van der Waals surface area contributed by atoms with Crippen LogP contribution in [0.2, 0.25) is 0 Å². The van der Waals surface area contributed by atoms with Gasteiger partial charge in [-0.2, -0.15) is 0 Å². The van der Waals surface area contributed by atoms with Crippen molar-refractivity contribution >= 4 is 5.91 Å². The average molecular weight is 1270 g/mol. The number of carbonyl (C=O) groups is 1. The SMILES string of the molecule is CCCCCCC/C=C\C/C=C\CCCCCCCCCCCCCCCCCCCCCC(=O)NC(COC1OC(CO)C(OC2OC(CO)C(OC3OC(CO)C(O)C(O)C3O)C(O)C2O)C(O)C1O)C(O)/C=C/CC/C=C/CCCCCCCCC. The average Bonchev–Trinajstić information content (AvgIpc) is 1.92. The fraction of sp³-hybridized carbons (Fsp3) is 0.871. The number of rotatable bonds is 54. The van der Waals surface area contributed by atoms with Crippen LogP contribution in [0, 0.1) is 0 Å². The van der Waals surface area contributed by atoms with E-state index in [2.05, 4.69) is 55.6 Å². The van der Waals surface area contributed by atoms with E-state index in [1.165, 1.54) is 180 Å². The molecule has 19 nitrogen and oxygen atoms in total. The molecule has 0 aromatic carbocycles. The fourth-order valence-electron chi connectivity index (χ4n) is 11.8. The monoisotopic (exact) mass is 1270 g/mol. The van der Waals surface area contributed by atoms with Gasteiger partial charge < -0.3 is 89.9 Å². The zero-order valence-corrected chi connectivity index (χ0v) is 54.9. The van der Waals surface area contributed by atoms with E-state index >= 15 is 0 Å². The van der Waals surface area contributed by atoms with E-state index < -0.39 is 124 Å². The fourth-order valence-corrected chi connectivity index (χ4v) is 11.8. The third kappa shape index (κ3) is 34.1. The molecule has 3 aliphatic heterocycles. The summed E-state index contributed by atoms with van der Waals surface area (Å²) in [4.78, 5) is 13.4. The van der Waals surface area contributed by atoms with Crippen LogP contribution in [-0.2, 0) is 33.2 Å². The molecule has 0 saturated carbocycles. The number of ether oxygens (including phenoxy) is 6. The number of nitrogens with one attached hydrogen (secondary N) is 1. The van der Waals surface area contributed by atoms with Crippen LogP contribution in [0.3, 0.4) is 0 Å². The first-order chi connectivity index (χ1) is 43.3. The van der Waals surface area contributed by atoms with Gasteiger partial charge in [-0.1, -0.05) is 236 Å². The van der Waals surface area contributed by atoms with Crippen molar-refractivity contribution in [3.05, 3.63) is 48.6 Å². The smallest absolute Gasteiger partial charge is 0.220 e. The van der Waals surface area contributed by atoms with Gasteiger partial charge in [0.15, 0.2) is 18.9 Å². The molecule has 0 bridgehead atoms. The molecule has 3 saturated heterocycles. The Labute approximate surface area is 535 Å². The minimum absolute atomic E-state index is 0.237. The number of amides is 1. The highest BCUT2D eigenvalue weighted by molar-refractivity contribution is 5.76. The van der Waals surface area contributed by atoms with E-state index in [-0.39, 0.29) is 18.9 Å². The van der Waals surface area contributed by atoms with E-state index in [4.69, 9.17) is 28.4 Å². The molecule has 0 spiro atoms. The van der Waals surface area contributed by atoms with Crippen molar-refractivity contribution in [1.29, 1.82) is 0 Å². The highest BCUT2D eigenvalue weighted by Crippen LogP contribution is 2.33. The Kier molecular flexibility index (Phi) is 47.4. The van der Waals surface area contributed by atoms with Crippen LogP contribution in [0.1, 0.15) is 258 Å². The number of hydrogen-bond donors (Lipinski definition) is 12. The molecule has 1 amide bonds. The molecule has 89 heavy (non-hydrogen) atoms. The summed E-state index contributed by atoms with van der Waals surface area (Å²) in [5.41, 5.74) is 0. The van der Waals surface area contributed by atoms with E-state index in [1.54, 1.807) is 6.08 Å². The van der Waals surface area contributed by atoms with Gasteiger partial charge in [0, 0.05) is 6.42 Å². The van der Waals surface area contributed by atoms with Gasteiger partial charge in [-0.05, 0) is 64.2 Å². The van der Waals surface area contributed by atoms with Crippen LogP contribution in [0.5, 0.6) is 0 Å². The first-order valence-corrected chi connectivity index (χ1v) is 35.4. The zero-order valence-electron chi connectivity index (χ0n) is 54.9. The summed E-state index contributed by atoms with van der Waals surface area (Å²) in [5.74, 6) is -0.284. The van der Waals surface area contributed by atoms with Crippen molar-refractivity contribution in [2.45, 2.75) is 362 Å². The van der Waals surface area contributed by atoms with Crippen molar-refractivity contribution in [1.82, 2.24) is 5.32 Å². The number of aliphatic hydroxyl groups excluding tert-OH is 11. The van der Waals surface area contributed by atoms with Crippen LogP contribution < -0.4 is 5.32 Å². The Morgan fingerprint density at radius 3 is 1.19 bits per heavy atom. The molecule has 17 unspecified atom stereocenters. The van der Waals surface area contributed by atoms with Gasteiger partial charge >= 0.3 is 0 Å². The number of unbranched alkanes of at least 4 members (excludes halogenated alkanes) is 32. The normalized spacial score (nSPS) is 28.5. The van der Waals surface area contributed by atoms with Crippen LogP contribution in [0.25, 0.3) is 0 Å². The van der Waals surface area contributed by atoms with Crippen molar-refractivity contribution in [2.24, 2.45) is 0 Å². The number of allylic oxidation sites excluding steroid dienone is 7.